The highest BCUT2D eigenvalue weighted by molar-refractivity contribution is 6.31. The molecule has 0 unspecified atom stereocenters. The molecule has 0 aliphatic carbocycles. The summed E-state index contributed by atoms with van der Waals surface area (Å²) in [6.07, 6.45) is -4.64. The van der Waals surface area contributed by atoms with Gasteiger partial charge in [0.1, 0.15) is 5.82 Å². The standard InChI is InChI=1S/C14H8Cl2F4N2O/c15-10-3-1-7(5-9(10)14(18,19)20)21-13(23)22-8-2-4-12(17)11(16)6-8/h1-6H,(H2,21,22,23). The minimum atomic E-state index is -4.64. The number of halogens is 6. The predicted molar refractivity (Wildman–Crippen MR) is 80.5 cm³/mol. The Hall–Kier alpha value is -1.99. The molecule has 3 nitrogen and oxygen atoms in total. The van der Waals surface area contributed by atoms with Gasteiger partial charge in [0.15, 0.2) is 0 Å². The first-order valence-corrected chi connectivity index (χ1v) is 6.82. The Labute approximate surface area is 138 Å². The largest absolute Gasteiger partial charge is 0.417 e. The van der Waals surface area contributed by atoms with E-state index >= 15 is 0 Å². The smallest absolute Gasteiger partial charge is 0.308 e. The molecule has 0 aromatic heterocycles. The van der Waals surface area contributed by atoms with Crippen molar-refractivity contribution < 1.29 is 22.4 Å². The third kappa shape index (κ3) is 4.49. The molecule has 0 aliphatic heterocycles. The van der Waals surface area contributed by atoms with Crippen molar-refractivity contribution in [1.29, 1.82) is 0 Å². The van der Waals surface area contributed by atoms with Gasteiger partial charge in [0.05, 0.1) is 15.6 Å². The van der Waals surface area contributed by atoms with Crippen LogP contribution in [0.4, 0.5) is 33.7 Å². The van der Waals surface area contributed by atoms with Gasteiger partial charge in [-0.15, -0.1) is 0 Å². The zero-order chi connectivity index (χ0) is 17.2. The van der Waals surface area contributed by atoms with Crippen molar-refractivity contribution in [2.24, 2.45) is 0 Å². The van der Waals surface area contributed by atoms with Gasteiger partial charge in [0.2, 0.25) is 0 Å². The summed E-state index contributed by atoms with van der Waals surface area (Å²) in [6.45, 7) is 0. The van der Waals surface area contributed by atoms with Gasteiger partial charge in [-0.3, -0.25) is 0 Å². The Morgan fingerprint density at radius 2 is 1.48 bits per heavy atom. The Balaban J connectivity index is 2.12. The summed E-state index contributed by atoms with van der Waals surface area (Å²) in [5.74, 6) is -0.662. The fraction of sp³-hybridized carbons (Fsp3) is 0.0714. The van der Waals surface area contributed by atoms with E-state index in [9.17, 15) is 22.4 Å². The number of nitrogens with one attached hydrogen (secondary N) is 2. The zero-order valence-electron chi connectivity index (χ0n) is 11.1. The molecule has 0 radical (unpaired) electrons. The predicted octanol–water partition coefficient (Wildman–Crippen LogP) is 5.80. The third-order valence-corrected chi connectivity index (χ3v) is 3.33. The SMILES string of the molecule is O=C(Nc1ccc(F)c(Cl)c1)Nc1ccc(Cl)c(C(F)(F)F)c1. The number of rotatable bonds is 2. The number of alkyl halides is 3. The maximum Gasteiger partial charge on any atom is 0.417 e. The average molecular weight is 367 g/mol. The number of anilines is 2. The molecule has 0 fully saturated rings. The van der Waals surface area contributed by atoms with Crippen LogP contribution in [0.5, 0.6) is 0 Å². The third-order valence-electron chi connectivity index (χ3n) is 2.71. The second-order valence-electron chi connectivity index (χ2n) is 4.40. The van der Waals surface area contributed by atoms with Crippen LogP contribution in [0.15, 0.2) is 36.4 Å². The lowest BCUT2D eigenvalue weighted by Crippen LogP contribution is -2.20. The molecule has 23 heavy (non-hydrogen) atoms. The highest BCUT2D eigenvalue weighted by Gasteiger charge is 2.33. The van der Waals surface area contributed by atoms with Crippen molar-refractivity contribution in [1.82, 2.24) is 0 Å². The molecule has 0 saturated carbocycles. The van der Waals surface area contributed by atoms with E-state index in [1.165, 1.54) is 18.2 Å². The van der Waals surface area contributed by atoms with Gasteiger partial charge in [-0.1, -0.05) is 23.2 Å². The van der Waals surface area contributed by atoms with Gasteiger partial charge < -0.3 is 10.6 Å². The van der Waals surface area contributed by atoms with Crippen LogP contribution in [0.3, 0.4) is 0 Å². The molecule has 0 aliphatic rings. The molecular formula is C14H8Cl2F4N2O. The van der Waals surface area contributed by atoms with Crippen LogP contribution in [-0.2, 0) is 6.18 Å². The van der Waals surface area contributed by atoms with Gasteiger partial charge in [-0.25, -0.2) is 9.18 Å². The Bertz CT molecular complexity index is 750. The summed E-state index contributed by atoms with van der Waals surface area (Å²) in [7, 11) is 0. The lowest BCUT2D eigenvalue weighted by molar-refractivity contribution is -0.137. The minimum absolute atomic E-state index is 0.104. The lowest BCUT2D eigenvalue weighted by atomic mass is 10.2. The number of amides is 2. The molecule has 0 bridgehead atoms. The van der Waals surface area contributed by atoms with Gasteiger partial charge in [-0.2, -0.15) is 13.2 Å². The highest BCUT2D eigenvalue weighted by Crippen LogP contribution is 2.36. The number of urea groups is 1. The number of hydrogen-bond donors (Lipinski definition) is 2. The summed E-state index contributed by atoms with van der Waals surface area (Å²) in [5, 5.41) is 3.86. The first-order chi connectivity index (χ1) is 10.7. The average Bonchev–Trinajstić information content (AvgIpc) is 2.44. The fourth-order valence-electron chi connectivity index (χ4n) is 1.69. The first kappa shape index (κ1) is 17.4. The first-order valence-electron chi connectivity index (χ1n) is 6.06. The zero-order valence-corrected chi connectivity index (χ0v) is 12.7. The van der Waals surface area contributed by atoms with Crippen LogP contribution in [0, 0.1) is 5.82 Å². The van der Waals surface area contributed by atoms with E-state index in [4.69, 9.17) is 23.2 Å². The van der Waals surface area contributed by atoms with Gasteiger partial charge in [-0.05, 0) is 36.4 Å². The van der Waals surface area contributed by atoms with Gasteiger partial charge >= 0.3 is 12.2 Å². The summed E-state index contributed by atoms with van der Waals surface area (Å²) in [4.78, 5) is 11.8. The molecule has 2 aromatic carbocycles. The van der Waals surface area contributed by atoms with Crippen LogP contribution in [0.2, 0.25) is 10.0 Å². The molecule has 0 heterocycles. The van der Waals surface area contributed by atoms with E-state index < -0.39 is 28.6 Å². The van der Waals surface area contributed by atoms with E-state index in [1.807, 2.05) is 0 Å². The molecular weight excluding hydrogens is 359 g/mol. The summed E-state index contributed by atoms with van der Waals surface area (Å²) < 4.78 is 51.2. The normalized spacial score (nSPS) is 11.2. The van der Waals surface area contributed by atoms with Crippen molar-refractivity contribution in [3.63, 3.8) is 0 Å². The van der Waals surface area contributed by atoms with Crippen molar-refractivity contribution in [2.45, 2.75) is 6.18 Å². The highest BCUT2D eigenvalue weighted by atomic mass is 35.5. The maximum absolute atomic E-state index is 13.0. The summed E-state index contributed by atoms with van der Waals surface area (Å²) in [6, 6.07) is 5.59. The lowest BCUT2D eigenvalue weighted by Gasteiger charge is -2.12. The van der Waals surface area contributed by atoms with Gasteiger partial charge in [0, 0.05) is 11.4 Å². The molecule has 9 heteroatoms. The Morgan fingerprint density at radius 1 is 0.913 bits per heavy atom. The Kier molecular flexibility index (Phi) is 5.01. The van der Waals surface area contributed by atoms with Crippen LogP contribution < -0.4 is 10.6 Å². The van der Waals surface area contributed by atoms with Crippen LogP contribution in [0.1, 0.15) is 5.56 Å². The quantitative estimate of drug-likeness (QED) is 0.648. The van der Waals surface area contributed by atoms with Gasteiger partial charge in [0.25, 0.3) is 0 Å². The molecule has 2 aromatic rings. The Morgan fingerprint density at radius 3 is 2.04 bits per heavy atom. The van der Waals surface area contributed by atoms with E-state index in [0.29, 0.717) is 6.07 Å². The molecule has 0 atom stereocenters. The van der Waals surface area contributed by atoms with E-state index in [-0.39, 0.29) is 16.4 Å². The monoisotopic (exact) mass is 366 g/mol. The van der Waals surface area contributed by atoms with E-state index in [0.717, 1.165) is 12.1 Å². The van der Waals surface area contributed by atoms with Crippen molar-refractivity contribution in [3.8, 4) is 0 Å². The van der Waals surface area contributed by atoms with Crippen LogP contribution in [0.25, 0.3) is 0 Å². The number of hydrogen-bond acceptors (Lipinski definition) is 1. The second-order valence-corrected chi connectivity index (χ2v) is 5.21. The fourth-order valence-corrected chi connectivity index (χ4v) is 2.09. The van der Waals surface area contributed by atoms with E-state index in [1.54, 1.807) is 0 Å². The second kappa shape index (κ2) is 6.64. The van der Waals surface area contributed by atoms with Crippen molar-refractivity contribution >= 4 is 40.6 Å². The van der Waals surface area contributed by atoms with Crippen molar-refractivity contribution in [2.75, 3.05) is 10.6 Å². The molecule has 0 spiro atoms. The maximum atomic E-state index is 13.0. The minimum Gasteiger partial charge on any atom is -0.308 e. The number of carbonyl (C=O) groups excluding carboxylic acids is 1. The van der Waals surface area contributed by atoms with Crippen molar-refractivity contribution in [3.05, 3.63) is 57.8 Å². The molecule has 2 amide bonds. The number of carbonyl (C=O) groups is 1. The molecule has 0 saturated heterocycles. The summed E-state index contributed by atoms with van der Waals surface area (Å²) >= 11 is 11.0. The van der Waals surface area contributed by atoms with Crippen LogP contribution >= 0.6 is 23.2 Å². The molecule has 2 N–H and O–H groups in total. The molecule has 2 rings (SSSR count). The number of benzene rings is 2. The topological polar surface area (TPSA) is 41.1 Å². The summed E-state index contributed by atoms with van der Waals surface area (Å²) in [5.41, 5.74) is -0.992. The van der Waals surface area contributed by atoms with Crippen LogP contribution in [-0.4, -0.2) is 6.03 Å². The molecule has 122 valence electrons. The van der Waals surface area contributed by atoms with E-state index in [2.05, 4.69) is 10.6 Å².